The highest BCUT2D eigenvalue weighted by Crippen LogP contribution is 2.43. The number of aliphatic carboxylic acids is 1. The molecule has 0 aromatic heterocycles. The fraction of sp³-hybridized carbons (Fsp3) is 0.286. The maximum Gasteiger partial charge on any atom is 0.317 e. The van der Waals surface area contributed by atoms with E-state index < -0.39 is 11.6 Å². The first-order chi connectivity index (χ1) is 13.0. The van der Waals surface area contributed by atoms with Crippen LogP contribution in [-0.2, 0) is 4.79 Å². The molecule has 0 saturated carbocycles. The zero-order valence-corrected chi connectivity index (χ0v) is 17.4. The van der Waals surface area contributed by atoms with E-state index in [-0.39, 0.29) is 24.8 Å². The van der Waals surface area contributed by atoms with E-state index in [1.165, 1.54) is 6.07 Å². The molecule has 2 aliphatic heterocycles. The maximum atomic E-state index is 14.1. The van der Waals surface area contributed by atoms with Gasteiger partial charge < -0.3 is 9.84 Å². The SMILES string of the molecule is Cl.O=C(O)CN1CCC2(C=C(c3ccc(Br)c(F)c3)c3ccccc3O2)CC1. The number of fused-ring (bicyclic) bond motifs is 1. The van der Waals surface area contributed by atoms with Gasteiger partial charge in [-0.2, -0.15) is 0 Å². The van der Waals surface area contributed by atoms with E-state index >= 15 is 0 Å². The van der Waals surface area contributed by atoms with Crippen molar-refractivity contribution in [2.45, 2.75) is 18.4 Å². The molecule has 0 unspecified atom stereocenters. The van der Waals surface area contributed by atoms with Crippen molar-refractivity contribution >= 4 is 39.9 Å². The largest absolute Gasteiger partial charge is 0.482 e. The minimum Gasteiger partial charge on any atom is -0.482 e. The molecule has 1 fully saturated rings. The van der Waals surface area contributed by atoms with Gasteiger partial charge in [-0.1, -0.05) is 24.3 Å². The van der Waals surface area contributed by atoms with Crippen LogP contribution in [-0.4, -0.2) is 41.2 Å². The lowest BCUT2D eigenvalue weighted by atomic mass is 9.83. The van der Waals surface area contributed by atoms with Gasteiger partial charge in [-0.25, -0.2) is 4.39 Å². The molecule has 2 aliphatic rings. The van der Waals surface area contributed by atoms with Crippen LogP contribution >= 0.6 is 28.3 Å². The van der Waals surface area contributed by atoms with Gasteiger partial charge in [0.1, 0.15) is 17.2 Å². The Kier molecular flexibility index (Phi) is 6.12. The zero-order valence-electron chi connectivity index (χ0n) is 15.0. The molecule has 28 heavy (non-hydrogen) atoms. The molecule has 1 spiro atoms. The van der Waals surface area contributed by atoms with Crippen LogP contribution < -0.4 is 4.74 Å². The van der Waals surface area contributed by atoms with Gasteiger partial charge in [-0.15, -0.1) is 12.4 Å². The van der Waals surface area contributed by atoms with Crippen LogP contribution in [0.5, 0.6) is 5.75 Å². The number of rotatable bonds is 3. The predicted octanol–water partition coefficient (Wildman–Crippen LogP) is 4.75. The average molecular weight is 469 g/mol. The lowest BCUT2D eigenvalue weighted by Crippen LogP contribution is -2.49. The highest BCUT2D eigenvalue weighted by Gasteiger charge is 2.39. The van der Waals surface area contributed by atoms with Crippen molar-refractivity contribution in [1.82, 2.24) is 4.90 Å². The number of carbonyl (C=O) groups is 1. The number of carboxylic acid groups (broad SMARTS) is 1. The summed E-state index contributed by atoms with van der Waals surface area (Å²) < 4.78 is 20.9. The number of benzene rings is 2. The number of ether oxygens (including phenoxy) is 1. The minimum absolute atomic E-state index is 0. The van der Waals surface area contributed by atoms with Crippen molar-refractivity contribution in [1.29, 1.82) is 0 Å². The summed E-state index contributed by atoms with van der Waals surface area (Å²) in [6.07, 6.45) is 3.48. The van der Waals surface area contributed by atoms with Crippen molar-refractivity contribution in [2.24, 2.45) is 0 Å². The van der Waals surface area contributed by atoms with E-state index in [4.69, 9.17) is 9.84 Å². The molecule has 0 atom stereocenters. The average Bonchev–Trinajstić information content (AvgIpc) is 2.65. The molecular formula is C21H20BrClFNO3. The predicted molar refractivity (Wildman–Crippen MR) is 112 cm³/mol. The first kappa shape index (κ1) is 20.8. The second-order valence-electron chi connectivity index (χ2n) is 7.02. The smallest absolute Gasteiger partial charge is 0.317 e. The quantitative estimate of drug-likeness (QED) is 0.706. The molecule has 2 aromatic rings. The van der Waals surface area contributed by atoms with E-state index in [0.717, 1.165) is 22.4 Å². The molecule has 1 saturated heterocycles. The highest BCUT2D eigenvalue weighted by atomic mass is 79.9. The summed E-state index contributed by atoms with van der Waals surface area (Å²) in [4.78, 5) is 12.9. The van der Waals surface area contributed by atoms with Crippen LogP contribution in [0.3, 0.4) is 0 Å². The molecule has 4 rings (SSSR count). The Bertz CT molecular complexity index is 926. The molecule has 148 valence electrons. The summed E-state index contributed by atoms with van der Waals surface area (Å²) in [6.45, 7) is 1.33. The third kappa shape index (κ3) is 4.09. The Morgan fingerprint density at radius 3 is 2.61 bits per heavy atom. The van der Waals surface area contributed by atoms with Crippen LogP contribution in [0.1, 0.15) is 24.0 Å². The molecule has 4 nitrogen and oxygen atoms in total. The Morgan fingerprint density at radius 1 is 1.21 bits per heavy atom. The zero-order chi connectivity index (χ0) is 19.0. The van der Waals surface area contributed by atoms with E-state index in [1.54, 1.807) is 6.07 Å². The van der Waals surface area contributed by atoms with Gasteiger partial charge in [0.15, 0.2) is 0 Å². The number of piperidine rings is 1. The van der Waals surface area contributed by atoms with Gasteiger partial charge in [0, 0.05) is 31.5 Å². The van der Waals surface area contributed by atoms with Gasteiger partial charge >= 0.3 is 5.97 Å². The molecule has 0 aliphatic carbocycles. The molecule has 7 heteroatoms. The molecule has 1 N–H and O–H groups in total. The summed E-state index contributed by atoms with van der Waals surface area (Å²) in [5.74, 6) is -0.338. The number of para-hydroxylation sites is 1. The number of hydrogen-bond acceptors (Lipinski definition) is 3. The highest BCUT2D eigenvalue weighted by molar-refractivity contribution is 9.10. The first-order valence-corrected chi connectivity index (χ1v) is 9.66. The Labute approximate surface area is 177 Å². The van der Waals surface area contributed by atoms with E-state index in [0.29, 0.717) is 30.4 Å². The van der Waals surface area contributed by atoms with Crippen molar-refractivity contribution in [3.05, 3.63) is 70.0 Å². The van der Waals surface area contributed by atoms with Crippen LogP contribution in [0.25, 0.3) is 5.57 Å². The van der Waals surface area contributed by atoms with Crippen LogP contribution in [0.2, 0.25) is 0 Å². The second kappa shape index (κ2) is 8.23. The van der Waals surface area contributed by atoms with Crippen LogP contribution in [0.15, 0.2) is 53.0 Å². The van der Waals surface area contributed by atoms with Gasteiger partial charge in [0.05, 0.1) is 11.0 Å². The van der Waals surface area contributed by atoms with Crippen LogP contribution in [0, 0.1) is 5.82 Å². The lowest BCUT2D eigenvalue weighted by Gasteiger charge is -2.42. The van der Waals surface area contributed by atoms with Gasteiger partial charge in [0.25, 0.3) is 0 Å². The van der Waals surface area contributed by atoms with Crippen molar-refractivity contribution in [3.63, 3.8) is 0 Å². The minimum atomic E-state index is -0.817. The fourth-order valence-electron chi connectivity index (χ4n) is 3.80. The topological polar surface area (TPSA) is 49.8 Å². The molecule has 2 heterocycles. The Morgan fingerprint density at radius 2 is 1.93 bits per heavy atom. The number of nitrogens with zero attached hydrogens (tertiary/aromatic N) is 1. The number of carboxylic acids is 1. The lowest BCUT2D eigenvalue weighted by molar-refractivity contribution is -0.139. The summed E-state index contributed by atoms with van der Waals surface area (Å²) in [5.41, 5.74) is 2.20. The van der Waals surface area contributed by atoms with Crippen molar-refractivity contribution in [3.8, 4) is 5.75 Å². The van der Waals surface area contributed by atoms with Crippen molar-refractivity contribution < 1.29 is 19.0 Å². The third-order valence-corrected chi connectivity index (χ3v) is 5.83. The van der Waals surface area contributed by atoms with E-state index in [2.05, 4.69) is 22.0 Å². The van der Waals surface area contributed by atoms with Gasteiger partial charge in [0.2, 0.25) is 0 Å². The molecule has 0 amide bonds. The summed E-state index contributed by atoms with van der Waals surface area (Å²) in [5, 5.41) is 9.01. The van der Waals surface area contributed by atoms with E-state index in [9.17, 15) is 9.18 Å². The van der Waals surface area contributed by atoms with Crippen LogP contribution in [0.4, 0.5) is 4.39 Å². The number of hydrogen-bond donors (Lipinski definition) is 1. The Balaban J connectivity index is 0.00000225. The van der Waals surface area contributed by atoms with Gasteiger partial charge in [-0.05, 0) is 51.3 Å². The third-order valence-electron chi connectivity index (χ3n) is 5.19. The summed E-state index contributed by atoms with van der Waals surface area (Å²) in [6, 6.07) is 12.9. The summed E-state index contributed by atoms with van der Waals surface area (Å²) >= 11 is 3.21. The normalized spacial score (nSPS) is 17.9. The molecule has 2 aromatic carbocycles. The summed E-state index contributed by atoms with van der Waals surface area (Å²) in [7, 11) is 0. The number of likely N-dealkylation sites (tertiary alicyclic amines) is 1. The maximum absolute atomic E-state index is 14.1. The van der Waals surface area contributed by atoms with E-state index in [1.807, 2.05) is 35.2 Å². The molecule has 0 bridgehead atoms. The standard InChI is InChI=1S/C21H19BrFNO3.ClH/c22-17-6-5-14(11-18(17)23)16-12-21(27-19-4-2-1-3-15(16)19)7-9-24(10-8-21)13-20(25)26;/h1-6,11-12H,7-10,13H2,(H,25,26);1H. The monoisotopic (exact) mass is 467 g/mol. The number of halogens is 3. The molecule has 0 radical (unpaired) electrons. The second-order valence-corrected chi connectivity index (χ2v) is 7.87. The fourth-order valence-corrected chi connectivity index (χ4v) is 4.04. The molecular weight excluding hydrogens is 449 g/mol. The van der Waals surface area contributed by atoms with Crippen molar-refractivity contribution in [2.75, 3.05) is 19.6 Å². The van der Waals surface area contributed by atoms with Gasteiger partial charge in [-0.3, -0.25) is 9.69 Å². The Hall–Kier alpha value is -1.89. The first-order valence-electron chi connectivity index (χ1n) is 8.87.